The number of aromatic nitrogens is 2. The first-order valence-electron chi connectivity index (χ1n) is 5.14. The van der Waals surface area contributed by atoms with Crippen molar-refractivity contribution in [3.63, 3.8) is 0 Å². The van der Waals surface area contributed by atoms with Crippen molar-refractivity contribution < 1.29 is 9.53 Å². The average molecular weight is 421 g/mol. The monoisotopic (exact) mass is 420 g/mol. The van der Waals surface area contributed by atoms with E-state index >= 15 is 0 Å². The van der Waals surface area contributed by atoms with Gasteiger partial charge in [-0.1, -0.05) is 15.9 Å². The first-order valence-corrected chi connectivity index (χ1v) is 7.01. The lowest BCUT2D eigenvalue weighted by Crippen LogP contribution is -2.05. The normalized spacial score (nSPS) is 10.4. The molecule has 0 aliphatic heterocycles. The second-order valence-electron chi connectivity index (χ2n) is 3.63. The summed E-state index contributed by atoms with van der Waals surface area (Å²) in [4.78, 5) is 11.6. The molecule has 0 atom stereocenters. The molecule has 0 saturated heterocycles. The van der Waals surface area contributed by atoms with Crippen molar-refractivity contribution in [2.45, 2.75) is 6.92 Å². The van der Waals surface area contributed by atoms with E-state index < -0.39 is 5.97 Å². The number of hydrogen-bond donors (Lipinski definition) is 0. The van der Waals surface area contributed by atoms with Crippen LogP contribution >= 0.6 is 38.5 Å². The number of halogens is 2. The number of esters is 1. The quantitative estimate of drug-likeness (QED) is 0.552. The Morgan fingerprint density at radius 3 is 2.56 bits per heavy atom. The molecule has 0 aliphatic carbocycles. The minimum absolute atomic E-state index is 0.346. The molecule has 0 bridgehead atoms. The zero-order valence-electron chi connectivity index (χ0n) is 9.78. The maximum atomic E-state index is 11.6. The molecule has 0 spiro atoms. The molecule has 0 fully saturated rings. The van der Waals surface area contributed by atoms with Gasteiger partial charge in [-0.25, -0.2) is 9.48 Å². The fourth-order valence-electron chi connectivity index (χ4n) is 1.54. The molecule has 2 rings (SSSR count). The molecule has 1 aromatic heterocycles. The number of carbonyl (C=O) groups excluding carboxylic acids is 1. The highest BCUT2D eigenvalue weighted by molar-refractivity contribution is 14.1. The van der Waals surface area contributed by atoms with Crippen molar-refractivity contribution in [1.82, 2.24) is 9.78 Å². The third-order valence-corrected chi connectivity index (χ3v) is 4.31. The van der Waals surface area contributed by atoms with Crippen molar-refractivity contribution in [3.05, 3.63) is 43.7 Å². The molecule has 1 heterocycles. The standard InChI is InChI=1S/C12H10BrIN2O2/c1-7-10(14)11(12(17)18-2)15-16(7)9-5-3-8(13)4-6-9/h3-6H,1-2H3. The number of hydrogen-bond acceptors (Lipinski definition) is 3. The lowest BCUT2D eigenvalue weighted by molar-refractivity contribution is 0.0592. The van der Waals surface area contributed by atoms with Crippen LogP contribution in [0.4, 0.5) is 0 Å². The van der Waals surface area contributed by atoms with Crippen molar-refractivity contribution in [1.29, 1.82) is 0 Å². The van der Waals surface area contributed by atoms with Gasteiger partial charge in [0.2, 0.25) is 0 Å². The molecule has 0 radical (unpaired) electrons. The molecular formula is C12H10BrIN2O2. The highest BCUT2D eigenvalue weighted by atomic mass is 127. The first kappa shape index (κ1) is 13.5. The Hall–Kier alpha value is -0.890. The molecule has 18 heavy (non-hydrogen) atoms. The molecule has 4 nitrogen and oxygen atoms in total. The molecule has 94 valence electrons. The van der Waals surface area contributed by atoms with E-state index in [0.717, 1.165) is 19.4 Å². The lowest BCUT2D eigenvalue weighted by Gasteiger charge is -2.03. The second-order valence-corrected chi connectivity index (χ2v) is 5.62. The molecule has 0 amide bonds. The van der Waals surface area contributed by atoms with E-state index in [9.17, 15) is 4.79 Å². The van der Waals surface area contributed by atoms with E-state index in [4.69, 9.17) is 4.74 Å². The number of benzene rings is 1. The fraction of sp³-hybridized carbons (Fsp3) is 0.167. The minimum atomic E-state index is -0.418. The molecule has 0 unspecified atom stereocenters. The zero-order chi connectivity index (χ0) is 13.3. The van der Waals surface area contributed by atoms with Gasteiger partial charge in [0.05, 0.1) is 22.1 Å². The van der Waals surface area contributed by atoms with Crippen LogP contribution < -0.4 is 0 Å². The summed E-state index contributed by atoms with van der Waals surface area (Å²) in [5, 5.41) is 4.30. The summed E-state index contributed by atoms with van der Waals surface area (Å²) >= 11 is 5.49. The van der Waals surface area contributed by atoms with Crippen molar-refractivity contribution in [2.24, 2.45) is 0 Å². The topological polar surface area (TPSA) is 44.1 Å². The third-order valence-electron chi connectivity index (χ3n) is 2.49. The highest BCUT2D eigenvalue weighted by Crippen LogP contribution is 2.21. The summed E-state index contributed by atoms with van der Waals surface area (Å²) in [5.74, 6) is -0.418. The Labute approximate surface area is 127 Å². The molecular weight excluding hydrogens is 411 g/mol. The van der Waals surface area contributed by atoms with Crippen molar-refractivity contribution in [3.8, 4) is 5.69 Å². The maximum absolute atomic E-state index is 11.6. The summed E-state index contributed by atoms with van der Waals surface area (Å²) in [5.41, 5.74) is 2.17. The molecule has 1 aromatic carbocycles. The van der Waals surface area contributed by atoms with Crippen LogP contribution in [-0.4, -0.2) is 22.9 Å². The number of methoxy groups -OCH3 is 1. The van der Waals surface area contributed by atoms with Crippen LogP contribution in [0.3, 0.4) is 0 Å². The minimum Gasteiger partial charge on any atom is -0.464 e. The van der Waals surface area contributed by atoms with Gasteiger partial charge < -0.3 is 4.74 Å². The van der Waals surface area contributed by atoms with Crippen LogP contribution in [0, 0.1) is 10.5 Å². The molecule has 0 saturated carbocycles. The number of ether oxygens (including phenoxy) is 1. The predicted octanol–water partition coefficient (Wildman–Crippen LogP) is 3.33. The van der Waals surface area contributed by atoms with E-state index in [1.807, 2.05) is 31.2 Å². The Morgan fingerprint density at radius 2 is 2.00 bits per heavy atom. The fourth-order valence-corrected chi connectivity index (χ4v) is 2.36. The molecule has 0 aliphatic rings. The summed E-state index contributed by atoms with van der Waals surface area (Å²) in [7, 11) is 1.35. The van der Waals surface area contributed by atoms with E-state index in [2.05, 4.69) is 43.6 Å². The van der Waals surface area contributed by atoms with Crippen LogP contribution in [0.5, 0.6) is 0 Å². The molecule has 2 aromatic rings. The Kier molecular flexibility index (Phi) is 4.06. The van der Waals surface area contributed by atoms with Gasteiger partial charge in [0, 0.05) is 4.47 Å². The van der Waals surface area contributed by atoms with Crippen LogP contribution in [-0.2, 0) is 4.74 Å². The van der Waals surface area contributed by atoms with Crippen molar-refractivity contribution >= 4 is 44.5 Å². The average Bonchev–Trinajstić information content (AvgIpc) is 2.67. The van der Waals surface area contributed by atoms with E-state index in [1.54, 1.807) is 4.68 Å². The van der Waals surface area contributed by atoms with Crippen LogP contribution in [0.2, 0.25) is 0 Å². The van der Waals surface area contributed by atoms with Gasteiger partial charge in [-0.2, -0.15) is 5.10 Å². The summed E-state index contributed by atoms with van der Waals surface area (Å²) in [6, 6.07) is 7.73. The third kappa shape index (κ3) is 2.44. The van der Waals surface area contributed by atoms with Gasteiger partial charge in [0.1, 0.15) is 0 Å². The SMILES string of the molecule is COC(=O)c1nn(-c2ccc(Br)cc2)c(C)c1I. The van der Waals surface area contributed by atoms with Gasteiger partial charge in [-0.15, -0.1) is 0 Å². The number of carbonyl (C=O) groups is 1. The Bertz CT molecular complexity index is 593. The number of rotatable bonds is 2. The van der Waals surface area contributed by atoms with E-state index in [-0.39, 0.29) is 0 Å². The van der Waals surface area contributed by atoms with Gasteiger partial charge >= 0.3 is 5.97 Å². The van der Waals surface area contributed by atoms with Crippen LogP contribution in [0.1, 0.15) is 16.2 Å². The summed E-state index contributed by atoms with van der Waals surface area (Å²) in [6.07, 6.45) is 0. The number of nitrogens with zero attached hydrogens (tertiary/aromatic N) is 2. The largest absolute Gasteiger partial charge is 0.464 e. The lowest BCUT2D eigenvalue weighted by atomic mass is 10.3. The van der Waals surface area contributed by atoms with Crippen LogP contribution in [0.25, 0.3) is 5.69 Å². The Morgan fingerprint density at radius 1 is 1.39 bits per heavy atom. The predicted molar refractivity (Wildman–Crippen MR) is 80.1 cm³/mol. The smallest absolute Gasteiger partial charge is 0.359 e. The summed E-state index contributed by atoms with van der Waals surface area (Å²) in [6.45, 7) is 1.92. The van der Waals surface area contributed by atoms with Gasteiger partial charge in [0.15, 0.2) is 5.69 Å². The molecule has 6 heteroatoms. The first-order chi connectivity index (χ1) is 8.54. The maximum Gasteiger partial charge on any atom is 0.359 e. The second kappa shape index (κ2) is 5.40. The van der Waals surface area contributed by atoms with Gasteiger partial charge in [0.25, 0.3) is 0 Å². The van der Waals surface area contributed by atoms with E-state index in [0.29, 0.717) is 5.69 Å². The van der Waals surface area contributed by atoms with E-state index in [1.165, 1.54) is 7.11 Å². The van der Waals surface area contributed by atoms with Gasteiger partial charge in [-0.05, 0) is 53.8 Å². The Balaban J connectivity index is 2.52. The van der Waals surface area contributed by atoms with Crippen molar-refractivity contribution in [2.75, 3.05) is 7.11 Å². The summed E-state index contributed by atoms with van der Waals surface area (Å²) < 4.78 is 8.26. The van der Waals surface area contributed by atoms with Crippen LogP contribution in [0.15, 0.2) is 28.7 Å². The van der Waals surface area contributed by atoms with Gasteiger partial charge in [-0.3, -0.25) is 0 Å². The highest BCUT2D eigenvalue weighted by Gasteiger charge is 2.19. The zero-order valence-corrected chi connectivity index (χ0v) is 13.5. The molecule has 0 N–H and O–H groups in total.